The quantitative estimate of drug-likeness (QED) is 0.215. The third-order valence-corrected chi connectivity index (χ3v) is 9.02. The van der Waals surface area contributed by atoms with E-state index in [0.717, 1.165) is 18.2 Å². The minimum absolute atomic E-state index is 0.0782. The monoisotopic (exact) mass is 621 g/mol. The van der Waals surface area contributed by atoms with E-state index >= 15 is 0 Å². The molecular formula is C28H23F4N3O7S. The number of ether oxygens (including phenoxy) is 1. The van der Waals surface area contributed by atoms with E-state index in [1.54, 1.807) is 6.08 Å². The number of fused-ring (bicyclic) bond motifs is 2. The SMILES string of the molecule is COc1cc(F)c(-c2c[nH]c(C(=O)O)c2)cc1C(=O)NC1C2C=CC(C2)C1C(=O)Nc1cccc(S(=O)(=O)C(F)(F)F)c1. The summed E-state index contributed by atoms with van der Waals surface area (Å²) in [4.78, 5) is 39.6. The van der Waals surface area contributed by atoms with Gasteiger partial charge in [0.25, 0.3) is 15.7 Å². The number of methoxy groups -OCH3 is 1. The lowest BCUT2D eigenvalue weighted by atomic mass is 9.87. The van der Waals surface area contributed by atoms with Crippen LogP contribution in [0, 0.1) is 23.6 Å². The number of allylic oxidation sites excluding steroid dienone is 1. The van der Waals surface area contributed by atoms with E-state index in [0.29, 0.717) is 12.5 Å². The Labute approximate surface area is 241 Å². The van der Waals surface area contributed by atoms with Gasteiger partial charge in [-0.05, 0) is 48.6 Å². The number of nitrogens with one attached hydrogen (secondary N) is 3. The molecule has 1 saturated carbocycles. The van der Waals surface area contributed by atoms with Crippen molar-refractivity contribution in [2.24, 2.45) is 17.8 Å². The first-order chi connectivity index (χ1) is 20.2. The Kier molecular flexibility index (Phi) is 7.54. The molecule has 1 aromatic heterocycles. The van der Waals surface area contributed by atoms with Crippen molar-refractivity contribution in [1.82, 2.24) is 10.3 Å². The molecule has 4 N–H and O–H groups in total. The van der Waals surface area contributed by atoms with Crippen LogP contribution in [-0.4, -0.2) is 55.0 Å². The van der Waals surface area contributed by atoms with Crippen LogP contribution in [0.15, 0.2) is 65.7 Å². The highest BCUT2D eigenvalue weighted by Crippen LogP contribution is 2.45. The molecule has 0 aliphatic heterocycles. The van der Waals surface area contributed by atoms with Gasteiger partial charge in [-0.2, -0.15) is 13.2 Å². The molecule has 2 aliphatic carbocycles. The molecule has 2 bridgehead atoms. The first-order valence-electron chi connectivity index (χ1n) is 12.7. The Morgan fingerprint density at radius 1 is 1.07 bits per heavy atom. The number of anilines is 1. The number of carbonyl (C=O) groups is 3. The largest absolute Gasteiger partial charge is 0.501 e. The third kappa shape index (κ3) is 5.47. The Morgan fingerprint density at radius 3 is 2.44 bits per heavy atom. The van der Waals surface area contributed by atoms with Crippen LogP contribution in [0.1, 0.15) is 27.3 Å². The Bertz CT molecular complexity index is 1770. The van der Waals surface area contributed by atoms with E-state index in [1.807, 2.05) is 6.08 Å². The fraction of sp³-hybridized carbons (Fsp3) is 0.250. The van der Waals surface area contributed by atoms with Crippen LogP contribution < -0.4 is 15.4 Å². The molecule has 0 spiro atoms. The summed E-state index contributed by atoms with van der Waals surface area (Å²) < 4.78 is 82.8. The number of hydrogen-bond acceptors (Lipinski definition) is 6. The molecule has 1 heterocycles. The number of carbonyl (C=O) groups excluding carboxylic acids is 2. The van der Waals surface area contributed by atoms with Crippen LogP contribution in [0.3, 0.4) is 0 Å². The Hall–Kier alpha value is -4.66. The second kappa shape index (κ2) is 10.9. The van der Waals surface area contributed by atoms with Gasteiger partial charge in [-0.15, -0.1) is 0 Å². The van der Waals surface area contributed by atoms with E-state index in [-0.39, 0.29) is 45.7 Å². The predicted octanol–water partition coefficient (Wildman–Crippen LogP) is 4.38. The van der Waals surface area contributed by atoms with Crippen molar-refractivity contribution < 1.29 is 50.2 Å². The van der Waals surface area contributed by atoms with Crippen LogP contribution in [0.4, 0.5) is 23.2 Å². The van der Waals surface area contributed by atoms with Gasteiger partial charge in [0.05, 0.1) is 23.5 Å². The molecule has 226 valence electrons. The summed E-state index contributed by atoms with van der Waals surface area (Å²) in [6, 6.07) is 6.38. The molecule has 43 heavy (non-hydrogen) atoms. The molecule has 0 saturated heterocycles. The van der Waals surface area contributed by atoms with Crippen molar-refractivity contribution >= 4 is 33.3 Å². The number of H-pyrrole nitrogens is 1. The average molecular weight is 622 g/mol. The van der Waals surface area contributed by atoms with Crippen molar-refractivity contribution in [3.63, 3.8) is 0 Å². The molecule has 4 atom stereocenters. The van der Waals surface area contributed by atoms with Gasteiger partial charge in [0.15, 0.2) is 0 Å². The molecule has 2 amide bonds. The van der Waals surface area contributed by atoms with Crippen molar-refractivity contribution in [2.45, 2.75) is 22.9 Å². The highest BCUT2D eigenvalue weighted by molar-refractivity contribution is 7.92. The van der Waals surface area contributed by atoms with Crippen LogP contribution in [-0.2, 0) is 14.6 Å². The number of benzene rings is 2. The lowest BCUT2D eigenvalue weighted by Gasteiger charge is -2.28. The van der Waals surface area contributed by atoms with Gasteiger partial charge in [0.1, 0.15) is 17.3 Å². The van der Waals surface area contributed by atoms with Gasteiger partial charge in [-0.25, -0.2) is 17.6 Å². The van der Waals surface area contributed by atoms with Crippen LogP contribution in [0.5, 0.6) is 5.75 Å². The van der Waals surface area contributed by atoms with Crippen LogP contribution in [0.25, 0.3) is 11.1 Å². The second-order valence-electron chi connectivity index (χ2n) is 10.1. The normalized spacial score (nSPS) is 21.0. The van der Waals surface area contributed by atoms with Crippen LogP contribution >= 0.6 is 0 Å². The molecule has 2 aromatic carbocycles. The molecule has 2 aliphatic rings. The number of aromatic amines is 1. The van der Waals surface area contributed by atoms with Gasteiger partial charge < -0.3 is 25.5 Å². The van der Waals surface area contributed by atoms with Gasteiger partial charge in [0, 0.05) is 35.1 Å². The second-order valence-corrected chi connectivity index (χ2v) is 12.0. The molecule has 5 rings (SSSR count). The molecule has 0 radical (unpaired) electrons. The first kappa shape index (κ1) is 29.8. The standard InChI is InChI=1S/C28H23F4N3O7S/c1-42-22-11-20(29)18(15-8-21(27(38)39)33-12-15)10-19(22)25(36)35-24-14-6-5-13(7-14)23(24)26(37)34-16-3-2-4-17(9-16)43(40,41)28(30,31)32/h2-6,8-14,23-24,33H,7H2,1H3,(H,34,37)(H,35,36)(H,38,39). The topological polar surface area (TPSA) is 155 Å². The van der Waals surface area contributed by atoms with Gasteiger partial charge in [-0.1, -0.05) is 18.2 Å². The minimum Gasteiger partial charge on any atom is -0.496 e. The summed E-state index contributed by atoms with van der Waals surface area (Å²) in [7, 11) is -4.42. The highest BCUT2D eigenvalue weighted by atomic mass is 32.2. The lowest BCUT2D eigenvalue weighted by Crippen LogP contribution is -2.47. The summed E-state index contributed by atoms with van der Waals surface area (Å²) in [6.07, 6.45) is 5.39. The van der Waals surface area contributed by atoms with Crippen molar-refractivity contribution in [3.05, 3.63) is 77.9 Å². The van der Waals surface area contributed by atoms with E-state index in [2.05, 4.69) is 15.6 Å². The number of aromatic nitrogens is 1. The van der Waals surface area contributed by atoms with Gasteiger partial charge in [-0.3, -0.25) is 9.59 Å². The average Bonchev–Trinajstić information content (AvgIpc) is 3.69. The first-order valence-corrected chi connectivity index (χ1v) is 14.2. The Balaban J connectivity index is 1.40. The summed E-state index contributed by atoms with van der Waals surface area (Å²) in [5.41, 5.74) is -5.90. The van der Waals surface area contributed by atoms with Crippen molar-refractivity contribution in [1.29, 1.82) is 0 Å². The molecule has 3 aromatic rings. The minimum atomic E-state index is -5.64. The van der Waals surface area contributed by atoms with E-state index < -0.39 is 55.8 Å². The lowest BCUT2D eigenvalue weighted by molar-refractivity contribution is -0.121. The summed E-state index contributed by atoms with van der Waals surface area (Å²) in [5.74, 6) is -4.98. The van der Waals surface area contributed by atoms with E-state index in [4.69, 9.17) is 4.74 Å². The highest BCUT2D eigenvalue weighted by Gasteiger charge is 2.49. The zero-order valence-corrected chi connectivity index (χ0v) is 22.9. The summed E-state index contributed by atoms with van der Waals surface area (Å²) in [6.45, 7) is 0. The smallest absolute Gasteiger partial charge is 0.496 e. The molecule has 15 heteroatoms. The van der Waals surface area contributed by atoms with Gasteiger partial charge >= 0.3 is 11.5 Å². The third-order valence-electron chi connectivity index (χ3n) is 7.53. The summed E-state index contributed by atoms with van der Waals surface area (Å²) in [5, 5.41) is 14.4. The maximum absolute atomic E-state index is 14.9. The number of sulfone groups is 1. The molecule has 1 fully saturated rings. The number of rotatable bonds is 8. The van der Waals surface area contributed by atoms with Crippen LogP contribution in [0.2, 0.25) is 0 Å². The maximum atomic E-state index is 14.9. The summed E-state index contributed by atoms with van der Waals surface area (Å²) >= 11 is 0. The predicted molar refractivity (Wildman–Crippen MR) is 143 cm³/mol. The molecular weight excluding hydrogens is 598 g/mol. The Morgan fingerprint density at radius 2 is 1.79 bits per heavy atom. The number of alkyl halides is 3. The zero-order valence-electron chi connectivity index (χ0n) is 22.1. The number of aromatic carboxylic acids is 1. The van der Waals surface area contributed by atoms with Gasteiger partial charge in [0.2, 0.25) is 5.91 Å². The molecule has 10 nitrogen and oxygen atoms in total. The zero-order chi connectivity index (χ0) is 31.3. The maximum Gasteiger partial charge on any atom is 0.501 e. The van der Waals surface area contributed by atoms with Crippen molar-refractivity contribution in [3.8, 4) is 16.9 Å². The number of carboxylic acids is 1. The number of hydrogen-bond donors (Lipinski definition) is 4. The fourth-order valence-corrected chi connectivity index (χ4v) is 6.31. The molecule has 4 unspecified atom stereocenters. The van der Waals surface area contributed by atoms with E-state index in [9.17, 15) is 45.5 Å². The number of amides is 2. The van der Waals surface area contributed by atoms with E-state index in [1.165, 1.54) is 31.5 Å². The fourth-order valence-electron chi connectivity index (χ4n) is 5.50. The van der Waals surface area contributed by atoms with Crippen molar-refractivity contribution in [2.75, 3.05) is 12.4 Å². The number of halogens is 4. The number of carboxylic acid groups (broad SMARTS) is 1.